The Morgan fingerprint density at radius 2 is 2.27 bits per heavy atom. The van der Waals surface area contributed by atoms with Crippen LogP contribution >= 0.6 is 34.2 Å². The zero-order valence-electron chi connectivity index (χ0n) is 7.92. The number of hydrogen-bond acceptors (Lipinski definition) is 3. The van der Waals surface area contributed by atoms with Crippen molar-refractivity contribution in [3.05, 3.63) is 26.8 Å². The van der Waals surface area contributed by atoms with E-state index in [4.69, 9.17) is 16.3 Å². The summed E-state index contributed by atoms with van der Waals surface area (Å²) in [7, 11) is 1.49. The Kier molecular flexibility index (Phi) is 4.53. The van der Waals surface area contributed by atoms with Gasteiger partial charge >= 0.3 is 0 Å². The standard InChI is InChI=1S/C10H8ClIO3/c1-15-9-3-6(5-13)2-7(10(9)12)8(14)4-11/h2-3,5H,4H2,1H3. The average molecular weight is 339 g/mol. The third kappa shape index (κ3) is 2.69. The van der Waals surface area contributed by atoms with Crippen LogP contribution in [-0.2, 0) is 0 Å². The SMILES string of the molecule is COc1cc(C=O)cc(C(=O)CCl)c1I. The van der Waals surface area contributed by atoms with Gasteiger partial charge in [0.25, 0.3) is 0 Å². The lowest BCUT2D eigenvalue weighted by atomic mass is 10.1. The van der Waals surface area contributed by atoms with E-state index in [9.17, 15) is 9.59 Å². The van der Waals surface area contributed by atoms with Gasteiger partial charge in [-0.05, 0) is 34.7 Å². The Hall–Kier alpha value is -0.620. The van der Waals surface area contributed by atoms with Crippen molar-refractivity contribution < 1.29 is 14.3 Å². The lowest BCUT2D eigenvalue weighted by Crippen LogP contribution is -2.05. The molecule has 0 amide bonds. The summed E-state index contributed by atoms with van der Waals surface area (Å²) in [6.45, 7) is 0. The van der Waals surface area contributed by atoms with Gasteiger partial charge in [-0.25, -0.2) is 0 Å². The number of rotatable bonds is 4. The van der Waals surface area contributed by atoms with Crippen LogP contribution in [0.1, 0.15) is 20.7 Å². The summed E-state index contributed by atoms with van der Waals surface area (Å²) in [5, 5.41) is 0. The van der Waals surface area contributed by atoms with E-state index in [0.29, 0.717) is 26.7 Å². The molecule has 1 rings (SSSR count). The number of aldehydes is 1. The summed E-state index contributed by atoms with van der Waals surface area (Å²) in [5.41, 5.74) is 0.827. The predicted molar refractivity (Wildman–Crippen MR) is 66.1 cm³/mol. The minimum atomic E-state index is -0.219. The number of hydrogen-bond donors (Lipinski definition) is 0. The van der Waals surface area contributed by atoms with Crippen LogP contribution in [0.4, 0.5) is 0 Å². The van der Waals surface area contributed by atoms with E-state index >= 15 is 0 Å². The first-order chi connectivity index (χ1) is 7.13. The molecule has 0 aliphatic carbocycles. The van der Waals surface area contributed by atoms with Crippen molar-refractivity contribution in [1.82, 2.24) is 0 Å². The number of carbonyl (C=O) groups excluding carboxylic acids is 2. The first kappa shape index (κ1) is 12.4. The second-order valence-electron chi connectivity index (χ2n) is 2.76. The summed E-state index contributed by atoms with van der Waals surface area (Å²) in [5.74, 6) is 0.179. The highest BCUT2D eigenvalue weighted by atomic mass is 127. The fraction of sp³-hybridized carbons (Fsp3) is 0.200. The monoisotopic (exact) mass is 338 g/mol. The van der Waals surface area contributed by atoms with Gasteiger partial charge in [-0.2, -0.15) is 0 Å². The largest absolute Gasteiger partial charge is 0.496 e. The Labute approximate surface area is 106 Å². The van der Waals surface area contributed by atoms with Gasteiger partial charge in [0.15, 0.2) is 5.78 Å². The maximum Gasteiger partial charge on any atom is 0.178 e. The molecule has 0 unspecified atom stereocenters. The summed E-state index contributed by atoms with van der Waals surface area (Å²) in [6, 6.07) is 3.10. The van der Waals surface area contributed by atoms with Crippen molar-refractivity contribution in [2.45, 2.75) is 0 Å². The smallest absolute Gasteiger partial charge is 0.178 e. The van der Waals surface area contributed by atoms with Gasteiger partial charge in [0.1, 0.15) is 12.0 Å². The molecule has 0 radical (unpaired) electrons. The number of methoxy groups -OCH3 is 1. The molecule has 15 heavy (non-hydrogen) atoms. The van der Waals surface area contributed by atoms with Gasteiger partial charge in [-0.3, -0.25) is 9.59 Å². The lowest BCUT2D eigenvalue weighted by Gasteiger charge is -2.08. The maximum atomic E-state index is 11.5. The molecule has 0 bridgehead atoms. The Balaban J connectivity index is 3.36. The molecular weight excluding hydrogens is 330 g/mol. The molecule has 1 aromatic rings. The summed E-state index contributed by atoms with van der Waals surface area (Å²) >= 11 is 7.46. The molecule has 3 nitrogen and oxygen atoms in total. The van der Waals surface area contributed by atoms with Crippen LogP contribution in [0.3, 0.4) is 0 Å². The number of benzene rings is 1. The van der Waals surface area contributed by atoms with Crippen LogP contribution < -0.4 is 4.74 Å². The molecule has 0 saturated heterocycles. The number of Topliss-reactive ketones (excluding diaryl/α,β-unsaturated/α-hetero) is 1. The van der Waals surface area contributed by atoms with E-state index in [1.165, 1.54) is 13.2 Å². The van der Waals surface area contributed by atoms with E-state index in [0.717, 1.165) is 0 Å². The maximum absolute atomic E-state index is 11.5. The molecule has 0 aliphatic rings. The van der Waals surface area contributed by atoms with E-state index in [1.54, 1.807) is 6.07 Å². The number of halogens is 2. The topological polar surface area (TPSA) is 43.4 Å². The minimum absolute atomic E-state index is 0.110. The highest BCUT2D eigenvalue weighted by Crippen LogP contribution is 2.26. The summed E-state index contributed by atoms with van der Waals surface area (Å²) in [4.78, 5) is 22.1. The molecule has 0 aromatic heterocycles. The molecule has 0 aliphatic heterocycles. The molecule has 80 valence electrons. The first-order valence-corrected chi connectivity index (χ1v) is 5.67. The molecule has 0 atom stereocenters. The van der Waals surface area contributed by atoms with Crippen LogP contribution in [0, 0.1) is 3.57 Å². The summed E-state index contributed by atoms with van der Waals surface area (Å²) < 4.78 is 5.73. The molecule has 0 N–H and O–H groups in total. The molecule has 0 heterocycles. The second kappa shape index (κ2) is 5.46. The predicted octanol–water partition coefficient (Wildman–Crippen LogP) is 2.53. The third-order valence-corrected chi connectivity index (χ3v) is 3.19. The number of carbonyl (C=O) groups is 2. The minimum Gasteiger partial charge on any atom is -0.496 e. The van der Waals surface area contributed by atoms with Crippen LogP contribution in [0.2, 0.25) is 0 Å². The van der Waals surface area contributed by atoms with E-state index < -0.39 is 0 Å². The fourth-order valence-corrected chi connectivity index (χ4v) is 2.09. The molecule has 0 saturated carbocycles. The highest BCUT2D eigenvalue weighted by molar-refractivity contribution is 14.1. The highest BCUT2D eigenvalue weighted by Gasteiger charge is 2.14. The van der Waals surface area contributed by atoms with E-state index in [-0.39, 0.29) is 11.7 Å². The van der Waals surface area contributed by atoms with Crippen molar-refractivity contribution in [3.63, 3.8) is 0 Å². The van der Waals surface area contributed by atoms with Crippen molar-refractivity contribution in [3.8, 4) is 5.75 Å². The fourth-order valence-electron chi connectivity index (χ4n) is 1.11. The summed E-state index contributed by atoms with van der Waals surface area (Å²) in [6.07, 6.45) is 0.670. The molecule has 5 heteroatoms. The van der Waals surface area contributed by atoms with Crippen LogP contribution in [0.5, 0.6) is 5.75 Å². The van der Waals surface area contributed by atoms with Crippen molar-refractivity contribution >= 4 is 46.3 Å². The zero-order valence-corrected chi connectivity index (χ0v) is 10.8. The quantitative estimate of drug-likeness (QED) is 0.367. The van der Waals surface area contributed by atoms with Gasteiger partial charge in [0.2, 0.25) is 0 Å². The molecule has 0 spiro atoms. The van der Waals surface area contributed by atoms with Crippen molar-refractivity contribution in [1.29, 1.82) is 0 Å². The number of ketones is 1. The average Bonchev–Trinajstić information content (AvgIpc) is 2.28. The Morgan fingerprint density at radius 1 is 1.60 bits per heavy atom. The van der Waals surface area contributed by atoms with Crippen molar-refractivity contribution in [2.24, 2.45) is 0 Å². The van der Waals surface area contributed by atoms with Crippen molar-refractivity contribution in [2.75, 3.05) is 13.0 Å². The molecular formula is C10H8ClIO3. The van der Waals surface area contributed by atoms with Gasteiger partial charge in [-0.1, -0.05) is 0 Å². The number of alkyl halides is 1. The number of ether oxygens (including phenoxy) is 1. The van der Waals surface area contributed by atoms with E-state index in [2.05, 4.69) is 0 Å². The first-order valence-electron chi connectivity index (χ1n) is 4.06. The van der Waals surface area contributed by atoms with Gasteiger partial charge in [0, 0.05) is 11.1 Å². The lowest BCUT2D eigenvalue weighted by molar-refractivity contribution is 0.102. The van der Waals surface area contributed by atoms with Gasteiger partial charge in [0.05, 0.1) is 16.6 Å². The Morgan fingerprint density at radius 3 is 2.73 bits per heavy atom. The second-order valence-corrected chi connectivity index (χ2v) is 4.11. The molecule has 1 aromatic carbocycles. The van der Waals surface area contributed by atoms with E-state index in [1.807, 2.05) is 22.6 Å². The molecule has 0 fully saturated rings. The third-order valence-electron chi connectivity index (χ3n) is 1.84. The van der Waals surface area contributed by atoms with Gasteiger partial charge < -0.3 is 4.74 Å². The van der Waals surface area contributed by atoms with Crippen LogP contribution in [0.25, 0.3) is 0 Å². The Bertz CT molecular complexity index is 404. The van der Waals surface area contributed by atoms with Crippen LogP contribution in [-0.4, -0.2) is 25.1 Å². The van der Waals surface area contributed by atoms with Gasteiger partial charge in [-0.15, -0.1) is 11.6 Å². The zero-order chi connectivity index (χ0) is 11.4. The van der Waals surface area contributed by atoms with Crippen LogP contribution in [0.15, 0.2) is 12.1 Å². The normalized spacial score (nSPS) is 9.80.